The molecule has 152 valence electrons. The summed E-state index contributed by atoms with van der Waals surface area (Å²) in [4.78, 5) is 31.0. The van der Waals surface area contributed by atoms with Gasteiger partial charge in [-0.15, -0.1) is 0 Å². The van der Waals surface area contributed by atoms with E-state index in [1.165, 1.54) is 0 Å². The van der Waals surface area contributed by atoms with Crippen LogP contribution < -0.4 is 15.6 Å². The molecule has 1 aliphatic rings. The Bertz CT molecular complexity index is 957. The number of hydrogen-bond donors (Lipinski definition) is 1. The van der Waals surface area contributed by atoms with E-state index in [0.717, 1.165) is 11.3 Å². The minimum atomic E-state index is -1.57. The number of benzene rings is 1. The van der Waals surface area contributed by atoms with Crippen molar-refractivity contribution >= 4 is 23.5 Å². The molecule has 0 aliphatic carbocycles. The van der Waals surface area contributed by atoms with Crippen molar-refractivity contribution < 1.29 is 24.5 Å². The first-order valence-electron chi connectivity index (χ1n) is 9.08. The number of ether oxygens (including phenoxy) is 1. The fraction of sp³-hybridized carbons (Fsp3) is 0.350. The summed E-state index contributed by atoms with van der Waals surface area (Å²) in [5.41, 5.74) is 4.03. The van der Waals surface area contributed by atoms with Crippen LogP contribution in [0.3, 0.4) is 0 Å². The van der Waals surface area contributed by atoms with Gasteiger partial charge in [0.1, 0.15) is 0 Å². The van der Waals surface area contributed by atoms with Crippen molar-refractivity contribution in [2.24, 2.45) is 5.10 Å². The highest BCUT2D eigenvalue weighted by atomic mass is 16.5. The van der Waals surface area contributed by atoms with Gasteiger partial charge in [0.15, 0.2) is 11.6 Å². The van der Waals surface area contributed by atoms with E-state index in [4.69, 9.17) is 4.74 Å². The zero-order valence-electron chi connectivity index (χ0n) is 16.1. The van der Waals surface area contributed by atoms with E-state index in [1.54, 1.807) is 0 Å². The van der Waals surface area contributed by atoms with Gasteiger partial charge in [-0.3, -0.25) is 5.43 Å². The van der Waals surface area contributed by atoms with Crippen molar-refractivity contribution in [1.82, 2.24) is 9.97 Å². The van der Waals surface area contributed by atoms with Gasteiger partial charge in [-0.25, -0.2) is 9.97 Å². The monoisotopic (exact) mass is 396 g/mol. The standard InChI is InChI=1S/C20H22N4O5/c1-20(2)10-15-13(11-29-20)18(22-17(21-15)12-6-4-3-5-7-12)24-23-14(19(27)28)8-9-16(25)26/h3-7H,8-11H2,1-2H3,(H,25,26)(H,27,28)(H,21,22,24)/p-2/b23-14+. The van der Waals surface area contributed by atoms with Crippen molar-refractivity contribution in [1.29, 1.82) is 0 Å². The lowest BCUT2D eigenvalue weighted by atomic mass is 9.96. The molecule has 0 spiro atoms. The molecule has 0 fully saturated rings. The second-order valence-electron chi connectivity index (χ2n) is 7.24. The quantitative estimate of drug-likeness (QED) is 0.511. The maximum absolute atomic E-state index is 11.2. The summed E-state index contributed by atoms with van der Waals surface area (Å²) in [6.45, 7) is 4.15. The predicted molar refractivity (Wildman–Crippen MR) is 100 cm³/mol. The van der Waals surface area contributed by atoms with Crippen LogP contribution >= 0.6 is 0 Å². The maximum atomic E-state index is 11.2. The van der Waals surface area contributed by atoms with Gasteiger partial charge in [0.05, 0.1) is 29.6 Å². The van der Waals surface area contributed by atoms with E-state index >= 15 is 0 Å². The van der Waals surface area contributed by atoms with Crippen molar-refractivity contribution in [3.8, 4) is 11.4 Å². The molecule has 0 saturated heterocycles. The number of carbonyl (C=O) groups is 2. The summed E-state index contributed by atoms with van der Waals surface area (Å²) in [7, 11) is 0. The fourth-order valence-electron chi connectivity index (χ4n) is 2.90. The second-order valence-corrected chi connectivity index (χ2v) is 7.24. The van der Waals surface area contributed by atoms with Gasteiger partial charge < -0.3 is 24.5 Å². The highest BCUT2D eigenvalue weighted by molar-refractivity contribution is 6.34. The molecule has 29 heavy (non-hydrogen) atoms. The predicted octanol–water partition coefficient (Wildman–Crippen LogP) is 0.0428. The second kappa shape index (κ2) is 8.36. The number of carboxylic acid groups (broad SMARTS) is 2. The zero-order chi connectivity index (χ0) is 21.0. The van der Waals surface area contributed by atoms with Crippen LogP contribution in [-0.2, 0) is 27.4 Å². The Morgan fingerprint density at radius 2 is 1.90 bits per heavy atom. The van der Waals surface area contributed by atoms with Crippen molar-refractivity contribution in [3.63, 3.8) is 0 Å². The smallest absolute Gasteiger partial charge is 0.161 e. The molecule has 0 saturated carbocycles. The van der Waals surface area contributed by atoms with Crippen molar-refractivity contribution in [2.75, 3.05) is 5.43 Å². The molecule has 0 unspecified atom stereocenters. The summed E-state index contributed by atoms with van der Waals surface area (Å²) in [5, 5.41) is 25.7. The van der Waals surface area contributed by atoms with Crippen molar-refractivity contribution in [2.45, 2.75) is 45.3 Å². The number of hydrazone groups is 1. The lowest BCUT2D eigenvalue weighted by Crippen LogP contribution is -2.34. The summed E-state index contributed by atoms with van der Waals surface area (Å²) < 4.78 is 5.83. The number of fused-ring (bicyclic) bond motifs is 1. The first-order chi connectivity index (χ1) is 13.7. The van der Waals surface area contributed by atoms with Gasteiger partial charge >= 0.3 is 0 Å². The number of nitrogens with zero attached hydrogens (tertiary/aromatic N) is 3. The van der Waals surface area contributed by atoms with E-state index in [-0.39, 0.29) is 13.0 Å². The van der Waals surface area contributed by atoms with Crippen molar-refractivity contribution in [3.05, 3.63) is 41.6 Å². The number of anilines is 1. The Hall–Kier alpha value is -3.33. The molecular weight excluding hydrogens is 376 g/mol. The van der Waals surface area contributed by atoms with Crippen LogP contribution in [0.2, 0.25) is 0 Å². The topological polar surface area (TPSA) is 140 Å². The molecule has 1 aromatic carbocycles. The third kappa shape index (κ3) is 5.14. The lowest BCUT2D eigenvalue weighted by molar-refractivity contribution is -0.305. The van der Waals surface area contributed by atoms with Crippen LogP contribution in [-0.4, -0.2) is 33.2 Å². The number of carboxylic acids is 2. The number of carbonyl (C=O) groups excluding carboxylic acids is 2. The van der Waals surface area contributed by atoms with Crippen LogP contribution in [0.1, 0.15) is 37.9 Å². The summed E-state index contributed by atoms with van der Waals surface area (Å²) in [6.07, 6.45) is -0.274. The number of aliphatic carboxylic acids is 2. The largest absolute Gasteiger partial charge is 0.550 e. The average Bonchev–Trinajstić information content (AvgIpc) is 2.66. The molecule has 0 atom stereocenters. The third-order valence-electron chi connectivity index (χ3n) is 4.42. The van der Waals surface area contributed by atoms with Gasteiger partial charge in [-0.05, 0) is 26.7 Å². The van der Waals surface area contributed by atoms with Gasteiger partial charge in [0, 0.05) is 23.5 Å². The van der Waals surface area contributed by atoms with Crippen LogP contribution in [0, 0.1) is 0 Å². The van der Waals surface area contributed by atoms with Gasteiger partial charge in [0.25, 0.3) is 0 Å². The number of aromatic nitrogens is 2. The van der Waals surface area contributed by atoms with Crippen LogP contribution in [0.25, 0.3) is 11.4 Å². The molecule has 1 N–H and O–H groups in total. The van der Waals surface area contributed by atoms with E-state index in [1.807, 2.05) is 44.2 Å². The maximum Gasteiger partial charge on any atom is 0.161 e. The minimum Gasteiger partial charge on any atom is -0.550 e. The Balaban J connectivity index is 1.99. The summed E-state index contributed by atoms with van der Waals surface area (Å²) in [5.74, 6) is -2.18. The highest BCUT2D eigenvalue weighted by Gasteiger charge is 2.30. The van der Waals surface area contributed by atoms with E-state index in [9.17, 15) is 19.8 Å². The fourth-order valence-corrected chi connectivity index (χ4v) is 2.90. The first kappa shape index (κ1) is 20.4. The molecule has 0 bridgehead atoms. The van der Waals surface area contributed by atoms with Crippen LogP contribution in [0.5, 0.6) is 0 Å². The highest BCUT2D eigenvalue weighted by Crippen LogP contribution is 2.32. The average molecular weight is 396 g/mol. The molecule has 9 nitrogen and oxygen atoms in total. The van der Waals surface area contributed by atoms with E-state index in [0.29, 0.717) is 23.6 Å². The van der Waals surface area contributed by atoms with Gasteiger partial charge in [-0.1, -0.05) is 30.3 Å². The number of nitrogens with one attached hydrogen (secondary N) is 1. The molecule has 2 heterocycles. The van der Waals surface area contributed by atoms with Crippen LogP contribution in [0.15, 0.2) is 35.4 Å². The molecule has 1 aromatic heterocycles. The molecule has 3 rings (SSSR count). The normalized spacial score (nSPS) is 15.4. The van der Waals surface area contributed by atoms with Gasteiger partial charge in [0.2, 0.25) is 0 Å². The first-order valence-corrected chi connectivity index (χ1v) is 9.08. The molecule has 0 amide bonds. The zero-order valence-corrected chi connectivity index (χ0v) is 16.1. The van der Waals surface area contributed by atoms with Crippen LogP contribution in [0.4, 0.5) is 5.82 Å². The Morgan fingerprint density at radius 1 is 1.17 bits per heavy atom. The molecule has 0 radical (unpaired) electrons. The Kier molecular flexibility index (Phi) is 5.88. The number of rotatable bonds is 7. The van der Waals surface area contributed by atoms with E-state index < -0.39 is 29.7 Å². The minimum absolute atomic E-state index is 0.231. The van der Waals surface area contributed by atoms with Gasteiger partial charge in [-0.2, -0.15) is 5.10 Å². The SMILES string of the molecule is CC1(C)Cc2nc(-c3ccccc3)nc(N/N=C(\CCC(=O)[O-])C(=O)[O-])c2CO1. The summed E-state index contributed by atoms with van der Waals surface area (Å²) >= 11 is 0. The molecule has 1 aliphatic heterocycles. The Morgan fingerprint density at radius 3 is 2.55 bits per heavy atom. The molecular formula is C20H20N4O5-2. The Labute approximate surface area is 167 Å². The van der Waals surface area contributed by atoms with E-state index in [2.05, 4.69) is 20.5 Å². The molecule has 9 heteroatoms. The molecule has 2 aromatic rings. The number of hydrogen-bond acceptors (Lipinski definition) is 9. The summed E-state index contributed by atoms with van der Waals surface area (Å²) in [6, 6.07) is 9.35. The third-order valence-corrected chi connectivity index (χ3v) is 4.42. The lowest BCUT2D eigenvalue weighted by Gasteiger charge is -2.31.